The standard InChI is InChI=1S/C15H20N2O4S/c18-15(14-8-13(14)11-4-3-6-16-9-11)17-22(19,20)10-12-5-1-2-7-21-12/h3-4,6,9,12-14H,1-2,5,7-8,10H2,(H,17,18)/t12-,13+,14-/m1/s1. The fourth-order valence-electron chi connectivity index (χ4n) is 2.90. The van der Waals surface area contributed by atoms with Gasteiger partial charge in [0.25, 0.3) is 0 Å². The number of ether oxygens (including phenoxy) is 1. The molecule has 0 unspecified atom stereocenters. The molecule has 1 aliphatic carbocycles. The van der Waals surface area contributed by atoms with Crippen LogP contribution >= 0.6 is 0 Å². The quantitative estimate of drug-likeness (QED) is 0.879. The molecule has 0 aromatic carbocycles. The van der Waals surface area contributed by atoms with Gasteiger partial charge in [-0.3, -0.25) is 14.5 Å². The number of pyridine rings is 1. The molecule has 1 N–H and O–H groups in total. The van der Waals surface area contributed by atoms with Crippen LogP contribution in [0, 0.1) is 5.92 Å². The third kappa shape index (κ3) is 3.84. The number of carbonyl (C=O) groups is 1. The maximum absolute atomic E-state index is 12.1. The van der Waals surface area contributed by atoms with E-state index in [0.29, 0.717) is 13.0 Å². The SMILES string of the molecule is O=C(NS(=O)(=O)C[C@H]1CCCCO1)[C@@H]1C[C@H]1c1cccnc1. The summed E-state index contributed by atoms with van der Waals surface area (Å²) in [6, 6.07) is 3.73. The second-order valence-electron chi connectivity index (χ2n) is 5.97. The van der Waals surface area contributed by atoms with E-state index in [-0.39, 0.29) is 23.7 Å². The summed E-state index contributed by atoms with van der Waals surface area (Å²) in [4.78, 5) is 16.1. The molecule has 7 heteroatoms. The predicted octanol–water partition coefficient (Wildman–Crippen LogP) is 1.20. The van der Waals surface area contributed by atoms with Crippen LogP contribution in [-0.4, -0.2) is 37.8 Å². The van der Waals surface area contributed by atoms with Crippen molar-refractivity contribution in [3.8, 4) is 0 Å². The lowest BCUT2D eigenvalue weighted by Gasteiger charge is -2.22. The van der Waals surface area contributed by atoms with Gasteiger partial charge in [-0.1, -0.05) is 6.07 Å². The monoisotopic (exact) mass is 324 g/mol. The lowest BCUT2D eigenvalue weighted by Crippen LogP contribution is -2.39. The summed E-state index contributed by atoms with van der Waals surface area (Å²) in [5.41, 5.74) is 0.982. The first-order valence-electron chi connectivity index (χ1n) is 7.61. The van der Waals surface area contributed by atoms with Crippen molar-refractivity contribution in [1.29, 1.82) is 0 Å². The topological polar surface area (TPSA) is 85.4 Å². The summed E-state index contributed by atoms with van der Waals surface area (Å²) >= 11 is 0. The van der Waals surface area contributed by atoms with Crippen molar-refractivity contribution in [2.75, 3.05) is 12.4 Å². The largest absolute Gasteiger partial charge is 0.377 e. The van der Waals surface area contributed by atoms with Crippen molar-refractivity contribution >= 4 is 15.9 Å². The van der Waals surface area contributed by atoms with Crippen LogP contribution < -0.4 is 4.72 Å². The van der Waals surface area contributed by atoms with Crippen LogP contribution in [0.3, 0.4) is 0 Å². The van der Waals surface area contributed by atoms with Crippen molar-refractivity contribution in [1.82, 2.24) is 9.71 Å². The molecule has 0 radical (unpaired) electrons. The predicted molar refractivity (Wildman–Crippen MR) is 80.6 cm³/mol. The number of nitrogens with one attached hydrogen (secondary N) is 1. The molecular weight excluding hydrogens is 304 g/mol. The van der Waals surface area contributed by atoms with Crippen LogP contribution in [0.2, 0.25) is 0 Å². The Morgan fingerprint density at radius 2 is 2.27 bits per heavy atom. The summed E-state index contributed by atoms with van der Waals surface area (Å²) in [7, 11) is -3.63. The number of amides is 1. The zero-order valence-corrected chi connectivity index (χ0v) is 13.1. The number of carbonyl (C=O) groups excluding carboxylic acids is 1. The van der Waals surface area contributed by atoms with Gasteiger partial charge < -0.3 is 4.74 Å². The van der Waals surface area contributed by atoms with Crippen molar-refractivity contribution in [3.63, 3.8) is 0 Å². The molecule has 6 nitrogen and oxygen atoms in total. The van der Waals surface area contributed by atoms with E-state index >= 15 is 0 Å². The van der Waals surface area contributed by atoms with Gasteiger partial charge in [-0.25, -0.2) is 8.42 Å². The number of hydrogen-bond acceptors (Lipinski definition) is 5. The van der Waals surface area contributed by atoms with Gasteiger partial charge in [0.15, 0.2) is 0 Å². The van der Waals surface area contributed by atoms with Gasteiger partial charge in [-0.05, 0) is 43.2 Å². The highest BCUT2D eigenvalue weighted by molar-refractivity contribution is 7.90. The molecule has 3 atom stereocenters. The summed E-state index contributed by atoms with van der Waals surface area (Å²) in [6.07, 6.45) is 6.45. The minimum Gasteiger partial charge on any atom is -0.377 e. The summed E-state index contributed by atoms with van der Waals surface area (Å²) < 4.78 is 31.7. The highest BCUT2D eigenvalue weighted by atomic mass is 32.2. The number of nitrogens with zero attached hydrogens (tertiary/aromatic N) is 1. The maximum Gasteiger partial charge on any atom is 0.237 e. The number of sulfonamides is 1. The highest BCUT2D eigenvalue weighted by Gasteiger charge is 2.45. The molecule has 2 aliphatic rings. The minimum atomic E-state index is -3.63. The molecule has 0 bridgehead atoms. The molecule has 1 aliphatic heterocycles. The Morgan fingerprint density at radius 1 is 1.41 bits per heavy atom. The van der Waals surface area contributed by atoms with Gasteiger partial charge >= 0.3 is 0 Å². The first kappa shape index (κ1) is 15.4. The van der Waals surface area contributed by atoms with Crippen molar-refractivity contribution in [3.05, 3.63) is 30.1 Å². The van der Waals surface area contributed by atoms with Crippen LogP contribution in [0.5, 0.6) is 0 Å². The van der Waals surface area contributed by atoms with E-state index in [2.05, 4.69) is 9.71 Å². The van der Waals surface area contributed by atoms with E-state index in [0.717, 1.165) is 24.8 Å². The second kappa shape index (κ2) is 6.34. The van der Waals surface area contributed by atoms with E-state index in [1.165, 1.54) is 0 Å². The zero-order valence-electron chi connectivity index (χ0n) is 12.3. The summed E-state index contributed by atoms with van der Waals surface area (Å²) in [5.74, 6) is -0.742. The Morgan fingerprint density at radius 3 is 2.95 bits per heavy atom. The normalized spacial score (nSPS) is 28.1. The van der Waals surface area contributed by atoms with Crippen LogP contribution in [0.4, 0.5) is 0 Å². The molecule has 0 spiro atoms. The van der Waals surface area contributed by atoms with E-state index in [4.69, 9.17) is 4.74 Å². The summed E-state index contributed by atoms with van der Waals surface area (Å²) in [5, 5.41) is 0. The van der Waals surface area contributed by atoms with Crippen molar-refractivity contribution in [2.24, 2.45) is 5.92 Å². The van der Waals surface area contributed by atoms with E-state index in [1.54, 1.807) is 12.4 Å². The first-order chi connectivity index (χ1) is 10.6. The third-order valence-electron chi connectivity index (χ3n) is 4.18. The molecule has 1 amide bonds. The van der Waals surface area contributed by atoms with Gasteiger partial charge in [0.2, 0.25) is 15.9 Å². The second-order valence-corrected chi connectivity index (χ2v) is 7.74. The molecular formula is C15H20N2O4S. The van der Waals surface area contributed by atoms with Gasteiger partial charge in [0.05, 0.1) is 11.9 Å². The molecule has 3 rings (SSSR count). The number of aromatic nitrogens is 1. The molecule has 22 heavy (non-hydrogen) atoms. The van der Waals surface area contributed by atoms with Crippen molar-refractivity contribution in [2.45, 2.75) is 37.7 Å². The van der Waals surface area contributed by atoms with Gasteiger partial charge in [-0.2, -0.15) is 0 Å². The summed E-state index contributed by atoms with van der Waals surface area (Å²) in [6.45, 7) is 0.597. The molecule has 2 fully saturated rings. The minimum absolute atomic E-state index is 0.0785. The molecule has 2 heterocycles. The Bertz CT molecular complexity index is 626. The van der Waals surface area contributed by atoms with Crippen molar-refractivity contribution < 1.29 is 17.9 Å². The van der Waals surface area contributed by atoms with Crippen LogP contribution in [0.25, 0.3) is 0 Å². The Hall–Kier alpha value is -1.47. The average Bonchev–Trinajstić information content (AvgIpc) is 3.29. The molecule has 1 saturated heterocycles. The number of hydrogen-bond donors (Lipinski definition) is 1. The van der Waals surface area contributed by atoms with Crippen LogP contribution in [0.1, 0.15) is 37.2 Å². The third-order valence-corrected chi connectivity index (χ3v) is 5.50. The van der Waals surface area contributed by atoms with Gasteiger partial charge in [0, 0.05) is 24.9 Å². The van der Waals surface area contributed by atoms with E-state index in [1.807, 2.05) is 12.1 Å². The number of rotatable bonds is 5. The van der Waals surface area contributed by atoms with Gasteiger partial charge in [-0.15, -0.1) is 0 Å². The first-order valence-corrected chi connectivity index (χ1v) is 9.26. The van der Waals surface area contributed by atoms with E-state index in [9.17, 15) is 13.2 Å². The molecule has 1 saturated carbocycles. The lowest BCUT2D eigenvalue weighted by atomic mass is 10.1. The highest BCUT2D eigenvalue weighted by Crippen LogP contribution is 2.47. The average molecular weight is 324 g/mol. The maximum atomic E-state index is 12.1. The fourth-order valence-corrected chi connectivity index (χ4v) is 4.20. The lowest BCUT2D eigenvalue weighted by molar-refractivity contribution is -0.120. The van der Waals surface area contributed by atoms with Crippen LogP contribution in [-0.2, 0) is 19.6 Å². The van der Waals surface area contributed by atoms with E-state index < -0.39 is 15.9 Å². The smallest absolute Gasteiger partial charge is 0.237 e. The van der Waals surface area contributed by atoms with Crippen LogP contribution in [0.15, 0.2) is 24.5 Å². The van der Waals surface area contributed by atoms with Gasteiger partial charge in [0.1, 0.15) is 0 Å². The molecule has 120 valence electrons. The zero-order chi connectivity index (χ0) is 15.6. The Labute approximate surface area is 130 Å². The Balaban J connectivity index is 1.53. The fraction of sp³-hybridized carbons (Fsp3) is 0.600. The molecule has 1 aromatic heterocycles. The molecule has 1 aromatic rings. The Kier molecular flexibility index (Phi) is 4.44.